The lowest BCUT2D eigenvalue weighted by atomic mass is 10.1. The molecular weight excluding hydrogens is 240 g/mol. The van der Waals surface area contributed by atoms with Gasteiger partial charge in [-0.05, 0) is 38.3 Å². The van der Waals surface area contributed by atoms with Crippen LogP contribution < -0.4 is 0 Å². The Bertz CT molecular complexity index is 367. The van der Waals surface area contributed by atoms with E-state index in [9.17, 15) is 4.79 Å². The molecule has 0 atom stereocenters. The van der Waals surface area contributed by atoms with Crippen molar-refractivity contribution in [1.29, 1.82) is 0 Å². The summed E-state index contributed by atoms with van der Waals surface area (Å²) in [6.07, 6.45) is 7.02. The summed E-state index contributed by atoms with van der Waals surface area (Å²) >= 11 is 1.64. The van der Waals surface area contributed by atoms with Gasteiger partial charge in [0.05, 0.1) is 5.75 Å². The largest absolute Gasteiger partial charge is 0.299 e. The highest BCUT2D eigenvalue weighted by molar-refractivity contribution is 8.00. The average molecular weight is 262 g/mol. The van der Waals surface area contributed by atoms with Gasteiger partial charge in [0.2, 0.25) is 0 Å². The third-order valence-electron chi connectivity index (χ3n) is 2.78. The minimum Gasteiger partial charge on any atom is -0.299 e. The molecule has 0 saturated heterocycles. The van der Waals surface area contributed by atoms with E-state index in [-0.39, 0.29) is 0 Å². The van der Waals surface area contributed by atoms with Crippen LogP contribution in [0.4, 0.5) is 0 Å². The van der Waals surface area contributed by atoms with Crippen LogP contribution >= 0.6 is 11.8 Å². The molecule has 1 rings (SSSR count). The molecule has 0 amide bonds. The van der Waals surface area contributed by atoms with Crippen LogP contribution in [0.2, 0.25) is 0 Å². The first-order valence-electron chi connectivity index (χ1n) is 6.54. The highest BCUT2D eigenvalue weighted by Crippen LogP contribution is 2.19. The molecule has 0 N–H and O–H groups in total. The van der Waals surface area contributed by atoms with E-state index in [0.717, 1.165) is 32.1 Å². The Balaban J connectivity index is 2.13. The van der Waals surface area contributed by atoms with Crippen LogP contribution in [0.5, 0.6) is 0 Å². The standard InChI is InChI=1S/C16H22OS/c1-3-4-5-6-7-8-15(17)13-18-16-11-9-14(2)10-12-16/h3,9-12H,1,4-8,13H2,2H3. The zero-order valence-electron chi connectivity index (χ0n) is 11.2. The maximum Gasteiger partial charge on any atom is 0.143 e. The second-order valence-corrected chi connectivity index (χ2v) is 5.58. The maximum atomic E-state index is 11.7. The van der Waals surface area contributed by atoms with Crippen LogP contribution in [-0.2, 0) is 4.79 Å². The normalized spacial score (nSPS) is 10.3. The van der Waals surface area contributed by atoms with Crippen LogP contribution in [0.25, 0.3) is 0 Å². The van der Waals surface area contributed by atoms with Crippen molar-refractivity contribution in [1.82, 2.24) is 0 Å². The lowest BCUT2D eigenvalue weighted by molar-refractivity contribution is -0.116. The van der Waals surface area contributed by atoms with Crippen LogP contribution in [-0.4, -0.2) is 11.5 Å². The molecular formula is C16H22OS. The van der Waals surface area contributed by atoms with Gasteiger partial charge in [0.1, 0.15) is 5.78 Å². The number of aryl methyl sites for hydroxylation is 1. The molecule has 0 aromatic heterocycles. The van der Waals surface area contributed by atoms with Gasteiger partial charge in [-0.2, -0.15) is 0 Å². The van der Waals surface area contributed by atoms with Crippen molar-refractivity contribution in [2.45, 2.75) is 43.9 Å². The van der Waals surface area contributed by atoms with E-state index < -0.39 is 0 Å². The first kappa shape index (κ1) is 15.0. The van der Waals surface area contributed by atoms with Gasteiger partial charge in [0, 0.05) is 11.3 Å². The number of rotatable bonds is 9. The van der Waals surface area contributed by atoms with E-state index in [2.05, 4.69) is 37.8 Å². The highest BCUT2D eigenvalue weighted by Gasteiger charge is 2.03. The van der Waals surface area contributed by atoms with Crippen molar-refractivity contribution in [3.05, 3.63) is 42.5 Å². The summed E-state index contributed by atoms with van der Waals surface area (Å²) in [5, 5.41) is 0. The lowest BCUT2D eigenvalue weighted by Gasteiger charge is -2.02. The molecule has 0 radical (unpaired) electrons. The number of hydrogen-bond acceptors (Lipinski definition) is 2. The van der Waals surface area contributed by atoms with Gasteiger partial charge in [-0.15, -0.1) is 18.3 Å². The first-order chi connectivity index (χ1) is 8.72. The van der Waals surface area contributed by atoms with Crippen LogP contribution in [0, 0.1) is 6.92 Å². The third-order valence-corrected chi connectivity index (χ3v) is 3.86. The first-order valence-corrected chi connectivity index (χ1v) is 7.53. The number of Topliss-reactive ketones (excluding diaryl/α,β-unsaturated/α-hetero) is 1. The average Bonchev–Trinajstić information content (AvgIpc) is 2.38. The Morgan fingerprint density at radius 1 is 1.22 bits per heavy atom. The molecule has 1 aromatic rings. The molecule has 0 bridgehead atoms. The third kappa shape index (κ3) is 6.65. The van der Waals surface area contributed by atoms with Crippen LogP contribution in [0.15, 0.2) is 41.8 Å². The van der Waals surface area contributed by atoms with Gasteiger partial charge < -0.3 is 0 Å². The van der Waals surface area contributed by atoms with E-state index in [0.29, 0.717) is 11.5 Å². The lowest BCUT2D eigenvalue weighted by Crippen LogP contribution is -2.00. The monoisotopic (exact) mass is 262 g/mol. The van der Waals surface area contributed by atoms with E-state index in [1.165, 1.54) is 10.5 Å². The number of carbonyl (C=O) groups excluding carboxylic acids is 1. The molecule has 0 saturated carbocycles. The number of unbranched alkanes of at least 4 members (excludes halogenated alkanes) is 3. The second-order valence-electron chi connectivity index (χ2n) is 4.53. The minimum atomic E-state index is 0.360. The zero-order valence-corrected chi connectivity index (χ0v) is 12.0. The number of hydrogen-bond donors (Lipinski definition) is 0. The quantitative estimate of drug-likeness (QED) is 0.361. The smallest absolute Gasteiger partial charge is 0.143 e. The summed E-state index contributed by atoms with van der Waals surface area (Å²) < 4.78 is 0. The van der Waals surface area contributed by atoms with Crippen molar-refractivity contribution in [2.24, 2.45) is 0 Å². The molecule has 0 heterocycles. The molecule has 1 aromatic carbocycles. The number of thioether (sulfide) groups is 1. The Morgan fingerprint density at radius 3 is 2.61 bits per heavy atom. The minimum absolute atomic E-state index is 0.360. The van der Waals surface area contributed by atoms with Crippen molar-refractivity contribution in [2.75, 3.05) is 5.75 Å². The Labute approximate surface area is 115 Å². The fourth-order valence-corrected chi connectivity index (χ4v) is 2.46. The Kier molecular flexibility index (Phi) is 7.51. The molecule has 0 unspecified atom stereocenters. The van der Waals surface area contributed by atoms with E-state index >= 15 is 0 Å². The van der Waals surface area contributed by atoms with Gasteiger partial charge in [0.25, 0.3) is 0 Å². The molecule has 2 heteroatoms. The summed E-state index contributed by atoms with van der Waals surface area (Å²) in [6, 6.07) is 8.33. The fraction of sp³-hybridized carbons (Fsp3) is 0.438. The predicted molar refractivity (Wildman–Crippen MR) is 80.2 cm³/mol. The summed E-state index contributed by atoms with van der Waals surface area (Å²) in [5.74, 6) is 0.962. The maximum absolute atomic E-state index is 11.7. The van der Waals surface area contributed by atoms with Crippen molar-refractivity contribution in [3.63, 3.8) is 0 Å². The summed E-state index contributed by atoms with van der Waals surface area (Å²) in [7, 11) is 0. The summed E-state index contributed by atoms with van der Waals surface area (Å²) in [6.45, 7) is 5.76. The SMILES string of the molecule is C=CCCCCCC(=O)CSc1ccc(C)cc1. The van der Waals surface area contributed by atoms with Gasteiger partial charge in [-0.1, -0.05) is 30.2 Å². The molecule has 18 heavy (non-hydrogen) atoms. The van der Waals surface area contributed by atoms with Crippen molar-refractivity contribution < 1.29 is 4.79 Å². The number of carbonyl (C=O) groups is 1. The Morgan fingerprint density at radius 2 is 1.94 bits per heavy atom. The predicted octanol–water partition coefficient (Wildman–Crippen LogP) is 4.79. The van der Waals surface area contributed by atoms with Crippen molar-refractivity contribution >= 4 is 17.5 Å². The van der Waals surface area contributed by atoms with Crippen molar-refractivity contribution in [3.8, 4) is 0 Å². The van der Waals surface area contributed by atoms with Gasteiger partial charge in [-0.25, -0.2) is 0 Å². The fourth-order valence-electron chi connectivity index (χ4n) is 1.66. The number of allylic oxidation sites excluding steroid dienone is 1. The van der Waals surface area contributed by atoms with Crippen LogP contribution in [0.3, 0.4) is 0 Å². The molecule has 98 valence electrons. The molecule has 0 aliphatic carbocycles. The van der Waals surface area contributed by atoms with E-state index in [4.69, 9.17) is 0 Å². The van der Waals surface area contributed by atoms with Gasteiger partial charge in [-0.3, -0.25) is 4.79 Å². The van der Waals surface area contributed by atoms with E-state index in [1.807, 2.05) is 6.08 Å². The van der Waals surface area contributed by atoms with Gasteiger partial charge in [0.15, 0.2) is 0 Å². The molecule has 0 aliphatic heterocycles. The van der Waals surface area contributed by atoms with Gasteiger partial charge >= 0.3 is 0 Å². The second kappa shape index (κ2) is 8.98. The Hall–Kier alpha value is -1.02. The molecule has 1 nitrogen and oxygen atoms in total. The highest BCUT2D eigenvalue weighted by atomic mass is 32.2. The molecule has 0 spiro atoms. The summed E-state index contributed by atoms with van der Waals surface area (Å²) in [4.78, 5) is 12.9. The molecule has 0 fully saturated rings. The topological polar surface area (TPSA) is 17.1 Å². The van der Waals surface area contributed by atoms with E-state index in [1.54, 1.807) is 11.8 Å². The zero-order chi connectivity index (χ0) is 13.2. The number of benzene rings is 1. The number of ketones is 1. The summed E-state index contributed by atoms with van der Waals surface area (Å²) in [5.41, 5.74) is 1.26. The van der Waals surface area contributed by atoms with Crippen LogP contribution in [0.1, 0.15) is 37.7 Å². The molecule has 0 aliphatic rings.